The predicted octanol–water partition coefficient (Wildman–Crippen LogP) is 0.526. The van der Waals surface area contributed by atoms with Crippen molar-refractivity contribution >= 4 is 5.91 Å². The van der Waals surface area contributed by atoms with Gasteiger partial charge in [-0.15, -0.1) is 0 Å². The first-order valence-electron chi connectivity index (χ1n) is 5.90. The van der Waals surface area contributed by atoms with Gasteiger partial charge in [-0.05, 0) is 19.1 Å². The molecule has 5 nitrogen and oxygen atoms in total. The van der Waals surface area contributed by atoms with E-state index in [1.807, 2.05) is 11.8 Å². The summed E-state index contributed by atoms with van der Waals surface area (Å²) in [6, 6.07) is 3.50. The van der Waals surface area contributed by atoms with Gasteiger partial charge in [0.2, 0.25) is 0 Å². The van der Waals surface area contributed by atoms with Gasteiger partial charge in [-0.25, -0.2) is 4.98 Å². The van der Waals surface area contributed by atoms with E-state index in [0.29, 0.717) is 18.1 Å². The zero-order valence-electron chi connectivity index (χ0n) is 9.98. The number of nitrogens with zero attached hydrogens (tertiary/aromatic N) is 2. The second-order valence-corrected chi connectivity index (χ2v) is 3.85. The van der Waals surface area contributed by atoms with Gasteiger partial charge in [-0.1, -0.05) is 0 Å². The average Bonchev–Trinajstić information content (AvgIpc) is 2.40. The van der Waals surface area contributed by atoms with Crippen LogP contribution in [0.4, 0.5) is 0 Å². The van der Waals surface area contributed by atoms with Crippen LogP contribution >= 0.6 is 0 Å². The van der Waals surface area contributed by atoms with Crippen molar-refractivity contribution in [2.24, 2.45) is 0 Å². The van der Waals surface area contributed by atoms with Crippen molar-refractivity contribution in [3.63, 3.8) is 0 Å². The lowest BCUT2D eigenvalue weighted by molar-refractivity contribution is 0.0730. The third-order valence-electron chi connectivity index (χ3n) is 2.67. The summed E-state index contributed by atoms with van der Waals surface area (Å²) < 4.78 is 5.29. The minimum atomic E-state index is -0.00505. The third-order valence-corrected chi connectivity index (χ3v) is 2.67. The SMILES string of the molecule is CCOc1ccc(C(=O)N2CCNCC2)nc1. The molecule has 5 heteroatoms. The summed E-state index contributed by atoms with van der Waals surface area (Å²) in [5.74, 6) is 0.693. The van der Waals surface area contributed by atoms with Crippen molar-refractivity contribution in [3.05, 3.63) is 24.0 Å². The number of aromatic nitrogens is 1. The van der Waals surface area contributed by atoms with E-state index in [1.54, 1.807) is 18.3 Å². The van der Waals surface area contributed by atoms with E-state index in [2.05, 4.69) is 10.3 Å². The average molecular weight is 235 g/mol. The number of nitrogens with one attached hydrogen (secondary N) is 1. The molecule has 0 saturated carbocycles. The van der Waals surface area contributed by atoms with E-state index in [-0.39, 0.29) is 5.91 Å². The molecule has 0 aliphatic carbocycles. The van der Waals surface area contributed by atoms with Crippen LogP contribution in [0.15, 0.2) is 18.3 Å². The minimum absolute atomic E-state index is 0.00505. The number of piperazine rings is 1. The largest absolute Gasteiger partial charge is 0.492 e. The highest BCUT2D eigenvalue weighted by Crippen LogP contribution is 2.10. The molecule has 1 aromatic rings. The van der Waals surface area contributed by atoms with Gasteiger partial charge in [0.1, 0.15) is 11.4 Å². The molecule has 1 N–H and O–H groups in total. The normalized spacial score (nSPS) is 15.7. The molecular formula is C12H17N3O2. The number of carbonyl (C=O) groups is 1. The zero-order valence-corrected chi connectivity index (χ0v) is 9.98. The molecule has 0 atom stereocenters. The summed E-state index contributed by atoms with van der Waals surface area (Å²) in [7, 11) is 0. The number of carbonyl (C=O) groups excluding carboxylic acids is 1. The molecule has 0 unspecified atom stereocenters. The fourth-order valence-corrected chi connectivity index (χ4v) is 1.79. The molecule has 2 rings (SSSR count). The van der Waals surface area contributed by atoms with Crippen LogP contribution in [0.2, 0.25) is 0 Å². The number of ether oxygens (including phenoxy) is 1. The molecule has 1 aromatic heterocycles. The Kier molecular flexibility index (Phi) is 3.93. The number of hydrogen-bond acceptors (Lipinski definition) is 4. The Morgan fingerprint density at radius 1 is 1.47 bits per heavy atom. The molecular weight excluding hydrogens is 218 g/mol. The first kappa shape index (κ1) is 11.9. The minimum Gasteiger partial charge on any atom is -0.492 e. The van der Waals surface area contributed by atoms with Gasteiger partial charge in [0.15, 0.2) is 0 Å². The fraction of sp³-hybridized carbons (Fsp3) is 0.500. The maximum atomic E-state index is 12.1. The van der Waals surface area contributed by atoms with Crippen LogP contribution in [0.1, 0.15) is 17.4 Å². The Bertz CT molecular complexity index is 372. The van der Waals surface area contributed by atoms with Crippen LogP contribution in [0.25, 0.3) is 0 Å². The molecule has 92 valence electrons. The van der Waals surface area contributed by atoms with Crippen LogP contribution in [0.3, 0.4) is 0 Å². The smallest absolute Gasteiger partial charge is 0.272 e. The Labute approximate surface area is 101 Å². The Morgan fingerprint density at radius 3 is 2.82 bits per heavy atom. The number of amides is 1. The molecule has 0 aromatic carbocycles. The topological polar surface area (TPSA) is 54.5 Å². The monoisotopic (exact) mass is 235 g/mol. The number of pyridine rings is 1. The standard InChI is InChI=1S/C12H17N3O2/c1-2-17-10-3-4-11(14-9-10)12(16)15-7-5-13-6-8-15/h3-4,9,13H,2,5-8H2,1H3. The van der Waals surface area contributed by atoms with Gasteiger partial charge in [-0.3, -0.25) is 4.79 Å². The fourth-order valence-electron chi connectivity index (χ4n) is 1.79. The maximum absolute atomic E-state index is 12.1. The van der Waals surface area contributed by atoms with Crippen molar-refractivity contribution in [2.75, 3.05) is 32.8 Å². The second-order valence-electron chi connectivity index (χ2n) is 3.85. The first-order chi connectivity index (χ1) is 8.31. The van der Waals surface area contributed by atoms with E-state index in [1.165, 1.54) is 0 Å². The molecule has 0 spiro atoms. The van der Waals surface area contributed by atoms with Gasteiger partial charge in [0, 0.05) is 26.2 Å². The molecule has 17 heavy (non-hydrogen) atoms. The summed E-state index contributed by atoms with van der Waals surface area (Å²) in [4.78, 5) is 18.0. The third kappa shape index (κ3) is 2.94. The molecule has 1 saturated heterocycles. The van der Waals surface area contributed by atoms with Crippen molar-refractivity contribution in [1.29, 1.82) is 0 Å². The summed E-state index contributed by atoms with van der Waals surface area (Å²) in [5.41, 5.74) is 0.482. The van der Waals surface area contributed by atoms with Crippen LogP contribution in [0.5, 0.6) is 5.75 Å². The molecule has 1 fully saturated rings. The summed E-state index contributed by atoms with van der Waals surface area (Å²) in [5, 5.41) is 3.21. The maximum Gasteiger partial charge on any atom is 0.272 e. The van der Waals surface area contributed by atoms with Crippen LogP contribution < -0.4 is 10.1 Å². The lowest BCUT2D eigenvalue weighted by Gasteiger charge is -2.27. The first-order valence-corrected chi connectivity index (χ1v) is 5.90. The summed E-state index contributed by atoms with van der Waals surface area (Å²) >= 11 is 0. The quantitative estimate of drug-likeness (QED) is 0.830. The summed E-state index contributed by atoms with van der Waals surface area (Å²) in [6.07, 6.45) is 1.60. The van der Waals surface area contributed by atoms with Gasteiger partial charge in [0.25, 0.3) is 5.91 Å². The number of hydrogen-bond donors (Lipinski definition) is 1. The molecule has 0 radical (unpaired) electrons. The summed E-state index contributed by atoms with van der Waals surface area (Å²) in [6.45, 7) is 5.71. The Hall–Kier alpha value is -1.62. The van der Waals surface area contributed by atoms with Crippen molar-refractivity contribution in [3.8, 4) is 5.75 Å². The predicted molar refractivity (Wildman–Crippen MR) is 64.2 cm³/mol. The van der Waals surface area contributed by atoms with Crippen LogP contribution in [-0.2, 0) is 0 Å². The highest BCUT2D eigenvalue weighted by Gasteiger charge is 2.18. The van der Waals surface area contributed by atoms with E-state index < -0.39 is 0 Å². The molecule has 1 aliphatic rings. The van der Waals surface area contributed by atoms with Gasteiger partial charge >= 0.3 is 0 Å². The Morgan fingerprint density at radius 2 is 2.24 bits per heavy atom. The van der Waals surface area contributed by atoms with Gasteiger partial charge in [-0.2, -0.15) is 0 Å². The van der Waals surface area contributed by atoms with Crippen molar-refractivity contribution in [2.45, 2.75) is 6.92 Å². The van der Waals surface area contributed by atoms with Crippen LogP contribution in [0, 0.1) is 0 Å². The number of rotatable bonds is 3. The van der Waals surface area contributed by atoms with E-state index in [9.17, 15) is 4.79 Å². The lowest BCUT2D eigenvalue weighted by atomic mass is 10.2. The van der Waals surface area contributed by atoms with Crippen molar-refractivity contribution in [1.82, 2.24) is 15.2 Å². The highest BCUT2D eigenvalue weighted by molar-refractivity contribution is 5.92. The molecule has 2 heterocycles. The van der Waals surface area contributed by atoms with Gasteiger partial charge < -0.3 is 15.0 Å². The van der Waals surface area contributed by atoms with Crippen molar-refractivity contribution < 1.29 is 9.53 Å². The van der Waals surface area contributed by atoms with Gasteiger partial charge in [0.05, 0.1) is 12.8 Å². The Balaban J connectivity index is 2.03. The highest BCUT2D eigenvalue weighted by atomic mass is 16.5. The zero-order chi connectivity index (χ0) is 12.1. The second kappa shape index (κ2) is 5.63. The lowest BCUT2D eigenvalue weighted by Crippen LogP contribution is -2.46. The van der Waals surface area contributed by atoms with E-state index in [4.69, 9.17) is 4.74 Å². The van der Waals surface area contributed by atoms with E-state index >= 15 is 0 Å². The molecule has 0 bridgehead atoms. The molecule has 1 aliphatic heterocycles. The van der Waals surface area contributed by atoms with Crippen LogP contribution in [-0.4, -0.2) is 48.6 Å². The molecule has 1 amide bonds. The van der Waals surface area contributed by atoms with E-state index in [0.717, 1.165) is 26.2 Å².